The van der Waals surface area contributed by atoms with Crippen LogP contribution in [-0.2, 0) is 18.4 Å². The Morgan fingerprint density at radius 3 is 2.79 bits per heavy atom. The maximum atomic E-state index is 12.5. The van der Waals surface area contributed by atoms with Gasteiger partial charge in [0.1, 0.15) is 12.4 Å². The lowest BCUT2D eigenvalue weighted by atomic mass is 10.2. The van der Waals surface area contributed by atoms with Crippen molar-refractivity contribution >= 4 is 5.97 Å². The van der Waals surface area contributed by atoms with E-state index in [1.165, 1.54) is 0 Å². The summed E-state index contributed by atoms with van der Waals surface area (Å²) >= 11 is 0. The van der Waals surface area contributed by atoms with Crippen molar-refractivity contribution in [2.45, 2.75) is 25.4 Å². The van der Waals surface area contributed by atoms with Gasteiger partial charge in [0.25, 0.3) is 0 Å². The summed E-state index contributed by atoms with van der Waals surface area (Å²) in [6.07, 6.45) is 5.53. The summed E-state index contributed by atoms with van der Waals surface area (Å²) in [6.45, 7) is 0.171. The number of nitrogens with zero attached hydrogens (tertiary/aromatic N) is 3. The van der Waals surface area contributed by atoms with Gasteiger partial charge in [0.2, 0.25) is 5.89 Å². The van der Waals surface area contributed by atoms with Crippen molar-refractivity contribution in [1.29, 1.82) is 0 Å². The van der Waals surface area contributed by atoms with Crippen molar-refractivity contribution in [2.75, 3.05) is 0 Å². The SMILES string of the molecule is Cn1cc(COC(=O)c2nc(-c3ccccc3)oc2C2CC2)cn1. The molecule has 122 valence electrons. The van der Waals surface area contributed by atoms with E-state index >= 15 is 0 Å². The molecule has 1 aliphatic carbocycles. The Bertz CT molecular complexity index is 863. The second-order valence-electron chi connectivity index (χ2n) is 5.97. The van der Waals surface area contributed by atoms with Crippen molar-refractivity contribution < 1.29 is 13.9 Å². The van der Waals surface area contributed by atoms with E-state index in [1.54, 1.807) is 10.9 Å². The highest BCUT2D eigenvalue weighted by Gasteiger charge is 2.34. The number of aryl methyl sites for hydroxylation is 1. The quantitative estimate of drug-likeness (QED) is 0.674. The number of hydrogen-bond donors (Lipinski definition) is 0. The van der Waals surface area contributed by atoms with Crippen molar-refractivity contribution in [3.63, 3.8) is 0 Å². The van der Waals surface area contributed by atoms with Crippen molar-refractivity contribution in [3.05, 3.63) is 59.7 Å². The number of carbonyl (C=O) groups excluding carboxylic acids is 1. The molecular formula is C18H17N3O3. The van der Waals surface area contributed by atoms with Crippen LogP contribution < -0.4 is 0 Å². The zero-order valence-electron chi connectivity index (χ0n) is 13.3. The van der Waals surface area contributed by atoms with E-state index in [0.29, 0.717) is 17.3 Å². The average Bonchev–Trinajstić information content (AvgIpc) is 3.21. The van der Waals surface area contributed by atoms with Crippen LogP contribution >= 0.6 is 0 Å². The predicted molar refractivity (Wildman–Crippen MR) is 86.2 cm³/mol. The molecule has 0 N–H and O–H groups in total. The number of carbonyl (C=O) groups is 1. The third-order valence-electron chi connectivity index (χ3n) is 3.94. The molecule has 24 heavy (non-hydrogen) atoms. The number of rotatable bonds is 5. The molecule has 2 aromatic heterocycles. The van der Waals surface area contributed by atoms with Gasteiger partial charge in [0.15, 0.2) is 5.69 Å². The van der Waals surface area contributed by atoms with Crippen molar-refractivity contribution in [1.82, 2.24) is 14.8 Å². The largest absolute Gasteiger partial charge is 0.456 e. The summed E-state index contributed by atoms with van der Waals surface area (Å²) < 4.78 is 12.9. The fourth-order valence-electron chi connectivity index (χ4n) is 2.57. The Kier molecular flexibility index (Phi) is 3.65. The lowest BCUT2D eigenvalue weighted by Gasteiger charge is -2.01. The first-order valence-electron chi connectivity index (χ1n) is 7.91. The summed E-state index contributed by atoms with van der Waals surface area (Å²) in [5.41, 5.74) is 1.98. The molecule has 0 bridgehead atoms. The molecule has 1 fully saturated rings. The first-order valence-corrected chi connectivity index (χ1v) is 7.91. The smallest absolute Gasteiger partial charge is 0.360 e. The molecule has 4 rings (SSSR count). The van der Waals surface area contributed by atoms with Crippen molar-refractivity contribution in [3.8, 4) is 11.5 Å². The number of ether oxygens (including phenoxy) is 1. The lowest BCUT2D eigenvalue weighted by Crippen LogP contribution is -2.07. The van der Waals surface area contributed by atoms with Crippen LogP contribution in [-0.4, -0.2) is 20.7 Å². The van der Waals surface area contributed by atoms with Crippen LogP contribution in [0.5, 0.6) is 0 Å². The Labute approximate surface area is 139 Å². The van der Waals surface area contributed by atoms with Gasteiger partial charge in [-0.15, -0.1) is 0 Å². The van der Waals surface area contributed by atoms with E-state index < -0.39 is 5.97 Å². The van der Waals surface area contributed by atoms with Gasteiger partial charge in [-0.05, 0) is 25.0 Å². The van der Waals surface area contributed by atoms with E-state index in [4.69, 9.17) is 9.15 Å². The zero-order chi connectivity index (χ0) is 16.5. The molecule has 0 unspecified atom stereocenters. The topological polar surface area (TPSA) is 70.2 Å². The number of oxazole rings is 1. The minimum Gasteiger partial charge on any atom is -0.456 e. The predicted octanol–water partition coefficient (Wildman–Crippen LogP) is 3.31. The highest BCUT2D eigenvalue weighted by Crippen LogP contribution is 2.43. The van der Waals surface area contributed by atoms with Crippen LogP contribution in [0.25, 0.3) is 11.5 Å². The molecule has 0 atom stereocenters. The van der Waals surface area contributed by atoms with Gasteiger partial charge in [-0.25, -0.2) is 9.78 Å². The molecule has 0 saturated heterocycles. The molecule has 2 heterocycles. The molecule has 0 aliphatic heterocycles. The van der Waals surface area contributed by atoms with Crippen LogP contribution in [0, 0.1) is 0 Å². The van der Waals surface area contributed by atoms with Gasteiger partial charge in [-0.3, -0.25) is 4.68 Å². The van der Waals surface area contributed by atoms with Gasteiger partial charge < -0.3 is 9.15 Å². The molecule has 1 aromatic carbocycles. The van der Waals surface area contributed by atoms with E-state index in [2.05, 4.69) is 10.1 Å². The average molecular weight is 323 g/mol. The molecule has 6 nitrogen and oxygen atoms in total. The monoisotopic (exact) mass is 323 g/mol. The minimum atomic E-state index is -0.452. The molecule has 0 amide bonds. The lowest BCUT2D eigenvalue weighted by molar-refractivity contribution is 0.0463. The van der Waals surface area contributed by atoms with Gasteiger partial charge in [-0.2, -0.15) is 5.10 Å². The molecule has 6 heteroatoms. The van der Waals surface area contributed by atoms with Crippen LogP contribution in [0.4, 0.5) is 0 Å². The first-order chi connectivity index (χ1) is 11.7. The van der Waals surface area contributed by atoms with E-state index in [9.17, 15) is 4.79 Å². The number of aromatic nitrogens is 3. The van der Waals surface area contributed by atoms with Gasteiger partial charge in [-0.1, -0.05) is 18.2 Å². The van der Waals surface area contributed by atoms with Gasteiger partial charge in [0, 0.05) is 30.3 Å². The molecule has 0 radical (unpaired) electrons. The number of hydrogen-bond acceptors (Lipinski definition) is 5. The third-order valence-corrected chi connectivity index (χ3v) is 3.94. The summed E-state index contributed by atoms with van der Waals surface area (Å²) in [5, 5.41) is 4.06. The molecule has 1 saturated carbocycles. The minimum absolute atomic E-state index is 0.171. The third kappa shape index (κ3) is 2.95. The second kappa shape index (κ2) is 5.96. The van der Waals surface area contributed by atoms with Crippen LogP contribution in [0.15, 0.2) is 47.1 Å². The van der Waals surface area contributed by atoms with Crippen LogP contribution in [0.3, 0.4) is 0 Å². The first kappa shape index (κ1) is 14.7. The number of benzene rings is 1. The maximum Gasteiger partial charge on any atom is 0.360 e. The number of esters is 1. The maximum absolute atomic E-state index is 12.5. The fourth-order valence-corrected chi connectivity index (χ4v) is 2.57. The standard InChI is InChI=1S/C18H17N3O3/c1-21-10-12(9-19-21)11-23-18(22)15-16(13-7-8-13)24-17(20-15)14-5-3-2-4-6-14/h2-6,9-10,13H,7-8,11H2,1H3. The Morgan fingerprint density at radius 2 is 2.12 bits per heavy atom. The molecule has 0 spiro atoms. The van der Waals surface area contributed by atoms with Crippen molar-refractivity contribution in [2.24, 2.45) is 7.05 Å². The highest BCUT2D eigenvalue weighted by molar-refractivity contribution is 5.89. The normalized spacial score (nSPS) is 13.9. The van der Waals surface area contributed by atoms with Gasteiger partial charge in [0.05, 0.1) is 6.20 Å². The van der Waals surface area contributed by atoms with Crippen LogP contribution in [0.2, 0.25) is 0 Å². The Balaban J connectivity index is 1.57. The Morgan fingerprint density at radius 1 is 1.33 bits per heavy atom. The summed E-state index contributed by atoms with van der Waals surface area (Å²) in [5.74, 6) is 0.929. The van der Waals surface area contributed by atoms with Crippen LogP contribution in [0.1, 0.15) is 40.6 Å². The van der Waals surface area contributed by atoms with E-state index in [0.717, 1.165) is 24.0 Å². The fraction of sp³-hybridized carbons (Fsp3) is 0.278. The Hall–Kier alpha value is -2.89. The summed E-state index contributed by atoms with van der Waals surface area (Å²) in [6, 6.07) is 9.57. The summed E-state index contributed by atoms with van der Waals surface area (Å²) in [4.78, 5) is 16.8. The second-order valence-corrected chi connectivity index (χ2v) is 5.97. The van der Waals surface area contributed by atoms with Gasteiger partial charge >= 0.3 is 5.97 Å². The summed E-state index contributed by atoms with van der Waals surface area (Å²) in [7, 11) is 1.82. The zero-order valence-corrected chi connectivity index (χ0v) is 13.3. The van der Waals surface area contributed by atoms with E-state index in [1.807, 2.05) is 43.6 Å². The molecular weight excluding hydrogens is 306 g/mol. The highest BCUT2D eigenvalue weighted by atomic mass is 16.5. The van der Waals surface area contributed by atoms with E-state index in [-0.39, 0.29) is 12.5 Å². The molecule has 1 aliphatic rings. The molecule has 3 aromatic rings.